The van der Waals surface area contributed by atoms with E-state index < -0.39 is 16.7 Å². The lowest BCUT2D eigenvalue weighted by molar-refractivity contribution is -0.387. The van der Waals surface area contributed by atoms with E-state index in [0.29, 0.717) is 5.56 Å². The summed E-state index contributed by atoms with van der Waals surface area (Å²) < 4.78 is 0. The first kappa shape index (κ1) is 22.2. The van der Waals surface area contributed by atoms with Crippen molar-refractivity contribution < 1.29 is 19.3 Å². The van der Waals surface area contributed by atoms with Crippen LogP contribution < -0.4 is 11.1 Å². The number of hydrogen-bond donors (Lipinski definition) is 2. The zero-order valence-corrected chi connectivity index (χ0v) is 17.0. The molecule has 0 saturated heterocycles. The van der Waals surface area contributed by atoms with Crippen LogP contribution in [-0.2, 0) is 4.79 Å². The third-order valence-electron chi connectivity index (χ3n) is 3.69. The number of nitrogens with two attached hydrogens (primary N) is 1. The maximum Gasteiger partial charge on any atom is 0.283 e. The Balaban J connectivity index is 2.13. The summed E-state index contributed by atoms with van der Waals surface area (Å²) in [5.41, 5.74) is 5.41. The number of hydrogen-bond acceptors (Lipinski definition) is 6. The highest BCUT2D eigenvalue weighted by Crippen LogP contribution is 2.30. The van der Waals surface area contributed by atoms with E-state index in [0.717, 1.165) is 17.8 Å². The molecule has 0 atom stereocenters. The number of rotatable bonds is 7. The summed E-state index contributed by atoms with van der Waals surface area (Å²) in [6.07, 6.45) is 0. The van der Waals surface area contributed by atoms with Crippen LogP contribution >= 0.6 is 23.4 Å². The van der Waals surface area contributed by atoms with E-state index in [4.69, 9.17) is 17.3 Å². The predicted molar refractivity (Wildman–Crippen MR) is 110 cm³/mol. The number of primary amides is 1. The summed E-state index contributed by atoms with van der Waals surface area (Å²) in [5, 5.41) is 14.1. The van der Waals surface area contributed by atoms with Gasteiger partial charge in [0, 0.05) is 31.3 Å². The fourth-order valence-electron chi connectivity index (χ4n) is 2.28. The Labute approximate surface area is 175 Å². The third-order valence-corrected chi connectivity index (χ3v) is 5.08. The monoisotopic (exact) mass is 436 g/mol. The number of anilines is 1. The molecule has 3 amide bonds. The molecule has 0 spiro atoms. The highest BCUT2D eigenvalue weighted by atomic mass is 35.5. The van der Waals surface area contributed by atoms with Gasteiger partial charge in [-0.05, 0) is 30.3 Å². The number of nitrogens with zero attached hydrogens (tertiary/aromatic N) is 2. The van der Waals surface area contributed by atoms with Crippen LogP contribution in [0.4, 0.5) is 11.4 Å². The normalized spacial score (nSPS) is 10.3. The molecule has 0 aliphatic heterocycles. The summed E-state index contributed by atoms with van der Waals surface area (Å²) in [6.45, 7) is 0. The van der Waals surface area contributed by atoms with Crippen LogP contribution in [0.5, 0.6) is 0 Å². The van der Waals surface area contributed by atoms with Gasteiger partial charge in [0.2, 0.25) is 11.8 Å². The SMILES string of the molecule is CN(C)C(=O)c1ccc(Cl)c(NC(=O)CSc2ccc(C(N)=O)cc2[N+](=O)[O-])c1. The van der Waals surface area contributed by atoms with Crippen molar-refractivity contribution in [1.82, 2.24) is 4.90 Å². The van der Waals surface area contributed by atoms with Crippen molar-refractivity contribution in [2.75, 3.05) is 25.2 Å². The highest BCUT2D eigenvalue weighted by molar-refractivity contribution is 8.00. The maximum absolute atomic E-state index is 12.3. The predicted octanol–water partition coefficient (Wildman–Crippen LogP) is 2.78. The summed E-state index contributed by atoms with van der Waals surface area (Å²) in [7, 11) is 3.20. The molecule has 0 unspecified atom stereocenters. The van der Waals surface area contributed by atoms with E-state index in [1.165, 1.54) is 29.2 Å². The van der Waals surface area contributed by atoms with Crippen LogP contribution in [0.2, 0.25) is 5.02 Å². The summed E-state index contributed by atoms with van der Waals surface area (Å²) in [6, 6.07) is 8.27. The molecule has 0 saturated carbocycles. The third kappa shape index (κ3) is 5.69. The largest absolute Gasteiger partial charge is 0.366 e. The van der Waals surface area contributed by atoms with Gasteiger partial charge in [-0.15, -0.1) is 11.8 Å². The van der Waals surface area contributed by atoms with Crippen molar-refractivity contribution in [3.05, 3.63) is 62.7 Å². The quantitative estimate of drug-likeness (QED) is 0.389. The summed E-state index contributed by atoms with van der Waals surface area (Å²) in [4.78, 5) is 47.7. The minimum atomic E-state index is -0.788. The molecule has 0 fully saturated rings. The standard InChI is InChI=1S/C18H17ClN4O5S/c1-22(2)18(26)11-3-5-12(19)13(7-11)21-16(24)9-29-15-6-4-10(17(20)25)8-14(15)23(27)28/h3-8H,9H2,1-2H3,(H2,20,25)(H,21,24). The number of amides is 3. The fourth-order valence-corrected chi connectivity index (χ4v) is 3.25. The number of benzene rings is 2. The second-order valence-electron chi connectivity index (χ2n) is 6.03. The molecule has 0 aliphatic rings. The number of halogens is 1. The Kier molecular flexibility index (Phi) is 7.18. The van der Waals surface area contributed by atoms with E-state index >= 15 is 0 Å². The van der Waals surface area contributed by atoms with Gasteiger partial charge in [-0.25, -0.2) is 0 Å². The van der Waals surface area contributed by atoms with Crippen molar-refractivity contribution in [2.24, 2.45) is 5.73 Å². The Hall–Kier alpha value is -3.11. The number of carbonyl (C=O) groups excluding carboxylic acids is 3. The van der Waals surface area contributed by atoms with E-state index in [9.17, 15) is 24.5 Å². The second kappa shape index (κ2) is 9.39. The molecule has 3 N–H and O–H groups in total. The lowest BCUT2D eigenvalue weighted by Crippen LogP contribution is -2.22. The molecule has 0 bridgehead atoms. The molecule has 9 nitrogen and oxygen atoms in total. The highest BCUT2D eigenvalue weighted by Gasteiger charge is 2.19. The first-order chi connectivity index (χ1) is 13.6. The van der Waals surface area contributed by atoms with Crippen molar-refractivity contribution in [3.63, 3.8) is 0 Å². The van der Waals surface area contributed by atoms with E-state index in [1.54, 1.807) is 20.2 Å². The number of thioether (sulfide) groups is 1. The topological polar surface area (TPSA) is 136 Å². The van der Waals surface area contributed by atoms with E-state index in [2.05, 4.69) is 5.32 Å². The summed E-state index contributed by atoms with van der Waals surface area (Å²) >= 11 is 7.00. The van der Waals surface area contributed by atoms with Gasteiger partial charge in [0.05, 0.1) is 26.3 Å². The average Bonchev–Trinajstić information content (AvgIpc) is 2.67. The van der Waals surface area contributed by atoms with Gasteiger partial charge in [0.15, 0.2) is 0 Å². The Morgan fingerprint density at radius 1 is 1.17 bits per heavy atom. The van der Waals surface area contributed by atoms with Gasteiger partial charge in [-0.3, -0.25) is 24.5 Å². The molecule has 0 aliphatic carbocycles. The van der Waals surface area contributed by atoms with Crippen LogP contribution in [-0.4, -0.2) is 47.4 Å². The molecule has 29 heavy (non-hydrogen) atoms. The molecule has 0 radical (unpaired) electrons. The smallest absolute Gasteiger partial charge is 0.283 e. The van der Waals surface area contributed by atoms with Crippen molar-refractivity contribution in [3.8, 4) is 0 Å². The maximum atomic E-state index is 12.3. The Bertz CT molecular complexity index is 996. The molecular formula is C18H17ClN4O5S. The van der Waals surface area contributed by atoms with Gasteiger partial charge >= 0.3 is 0 Å². The lowest BCUT2D eigenvalue weighted by atomic mass is 10.2. The molecule has 0 aromatic heterocycles. The molecular weight excluding hydrogens is 420 g/mol. The van der Waals surface area contributed by atoms with Crippen LogP contribution in [0.15, 0.2) is 41.3 Å². The number of carbonyl (C=O) groups is 3. The Morgan fingerprint density at radius 2 is 1.83 bits per heavy atom. The van der Waals surface area contributed by atoms with Gasteiger partial charge in [0.1, 0.15) is 0 Å². The van der Waals surface area contributed by atoms with Gasteiger partial charge < -0.3 is 16.0 Å². The van der Waals surface area contributed by atoms with Gasteiger partial charge in [-0.2, -0.15) is 0 Å². The molecule has 2 aromatic rings. The van der Waals surface area contributed by atoms with Crippen molar-refractivity contribution >= 4 is 52.5 Å². The molecule has 152 valence electrons. The number of nitro benzene ring substituents is 1. The average molecular weight is 437 g/mol. The zero-order chi connectivity index (χ0) is 21.7. The number of nitrogens with one attached hydrogen (secondary N) is 1. The van der Waals surface area contributed by atoms with Crippen LogP contribution in [0, 0.1) is 10.1 Å². The van der Waals surface area contributed by atoms with Crippen molar-refractivity contribution in [2.45, 2.75) is 4.90 Å². The first-order valence-electron chi connectivity index (χ1n) is 8.12. The van der Waals surface area contributed by atoms with E-state index in [1.807, 2.05) is 0 Å². The lowest BCUT2D eigenvalue weighted by Gasteiger charge is -2.13. The zero-order valence-electron chi connectivity index (χ0n) is 15.5. The minimum absolute atomic E-state index is 0.000317. The second-order valence-corrected chi connectivity index (χ2v) is 7.46. The first-order valence-corrected chi connectivity index (χ1v) is 9.48. The van der Waals surface area contributed by atoms with Crippen LogP contribution in [0.1, 0.15) is 20.7 Å². The summed E-state index contributed by atoms with van der Waals surface area (Å²) in [5.74, 6) is -1.67. The fraction of sp³-hybridized carbons (Fsp3) is 0.167. The molecule has 11 heteroatoms. The van der Waals surface area contributed by atoms with Crippen LogP contribution in [0.3, 0.4) is 0 Å². The minimum Gasteiger partial charge on any atom is -0.366 e. The van der Waals surface area contributed by atoms with E-state index in [-0.39, 0.29) is 38.5 Å². The number of nitro groups is 1. The molecule has 0 heterocycles. The van der Waals surface area contributed by atoms with Gasteiger partial charge in [0.25, 0.3) is 11.6 Å². The van der Waals surface area contributed by atoms with Crippen molar-refractivity contribution in [1.29, 1.82) is 0 Å². The Morgan fingerprint density at radius 3 is 2.41 bits per heavy atom. The molecule has 2 aromatic carbocycles. The van der Waals surface area contributed by atoms with Crippen LogP contribution in [0.25, 0.3) is 0 Å². The molecule has 2 rings (SSSR count). The van der Waals surface area contributed by atoms with Gasteiger partial charge in [-0.1, -0.05) is 11.6 Å².